The maximum atomic E-state index is 13.5. The minimum absolute atomic E-state index is 0.0865. The molecule has 2 aliphatic heterocycles. The molecule has 1 aromatic carbocycles. The van der Waals surface area contributed by atoms with Crippen molar-refractivity contribution >= 4 is 15.8 Å². The average molecular weight is 438 g/mol. The molecule has 0 amide bonds. The van der Waals surface area contributed by atoms with Gasteiger partial charge < -0.3 is 10.2 Å². The Bertz CT molecular complexity index is 1030. The molecule has 0 saturated carbocycles. The first-order valence-electron chi connectivity index (χ1n) is 9.97. The van der Waals surface area contributed by atoms with Gasteiger partial charge in [0.1, 0.15) is 23.3 Å². The van der Waals surface area contributed by atoms with E-state index in [1.165, 1.54) is 4.31 Å². The zero-order chi connectivity index (χ0) is 21.5. The van der Waals surface area contributed by atoms with Crippen LogP contribution in [-0.2, 0) is 28.7 Å². The highest BCUT2D eigenvalue weighted by molar-refractivity contribution is 7.88. The molecule has 2 aliphatic rings. The van der Waals surface area contributed by atoms with E-state index in [1.807, 2.05) is 7.05 Å². The van der Waals surface area contributed by atoms with Crippen LogP contribution in [0.2, 0.25) is 0 Å². The van der Waals surface area contributed by atoms with Crippen molar-refractivity contribution < 1.29 is 17.2 Å². The first-order chi connectivity index (χ1) is 14.3. The van der Waals surface area contributed by atoms with Gasteiger partial charge >= 0.3 is 0 Å². The Balaban J connectivity index is 1.65. The molecular formula is C20H25F2N5O2S. The summed E-state index contributed by atoms with van der Waals surface area (Å²) in [5.74, 6) is -0.848. The average Bonchev–Trinajstić information content (AvgIpc) is 3.17. The molecule has 1 saturated heterocycles. The van der Waals surface area contributed by atoms with Gasteiger partial charge in [-0.05, 0) is 37.6 Å². The summed E-state index contributed by atoms with van der Waals surface area (Å²) in [4.78, 5) is 11.6. The van der Waals surface area contributed by atoms with Gasteiger partial charge in [0, 0.05) is 44.7 Å². The van der Waals surface area contributed by atoms with Crippen molar-refractivity contribution in [3.8, 4) is 0 Å². The second-order valence-corrected chi connectivity index (χ2v) is 9.82. The highest BCUT2D eigenvalue weighted by Gasteiger charge is 2.38. The maximum Gasteiger partial charge on any atom is 0.218 e. The summed E-state index contributed by atoms with van der Waals surface area (Å²) >= 11 is 0. The molecule has 1 N–H and O–H groups in total. The minimum Gasteiger partial charge on any atom is -0.373 e. The number of hydrogen-bond donors (Lipinski definition) is 1. The van der Waals surface area contributed by atoms with E-state index in [4.69, 9.17) is 4.98 Å². The lowest BCUT2D eigenvalue weighted by atomic mass is 10.1. The lowest BCUT2D eigenvalue weighted by Crippen LogP contribution is -2.34. The van der Waals surface area contributed by atoms with E-state index in [0.29, 0.717) is 25.2 Å². The Kier molecular flexibility index (Phi) is 5.73. The van der Waals surface area contributed by atoms with Gasteiger partial charge in [-0.2, -0.15) is 4.31 Å². The number of likely N-dealkylation sites (N-methyl/N-ethyl adjacent to an activating group) is 1. The fourth-order valence-corrected chi connectivity index (χ4v) is 5.99. The smallest absolute Gasteiger partial charge is 0.218 e. The Morgan fingerprint density at radius 1 is 1.17 bits per heavy atom. The number of sulfonamides is 1. The Morgan fingerprint density at radius 3 is 2.60 bits per heavy atom. The first kappa shape index (κ1) is 21.1. The zero-order valence-corrected chi connectivity index (χ0v) is 17.8. The fraction of sp³-hybridized carbons (Fsp3) is 0.500. The standard InChI is InChI=1S/C20H25F2N5O2S/c1-23-19-16-11-26(2)7-5-17(16)24-20(25-19)18-4-3-6-27(18)30(28,29)12-13-8-14(21)10-15(22)9-13/h8-10,18H,3-7,11-12H2,1-2H3,(H,23,24,25). The van der Waals surface area contributed by atoms with Crippen LogP contribution in [0.1, 0.15) is 41.5 Å². The van der Waals surface area contributed by atoms with Crippen molar-refractivity contribution in [1.29, 1.82) is 0 Å². The van der Waals surface area contributed by atoms with Crippen molar-refractivity contribution in [2.24, 2.45) is 0 Å². The molecule has 3 heterocycles. The second kappa shape index (κ2) is 8.16. The summed E-state index contributed by atoms with van der Waals surface area (Å²) in [7, 11) is 0.0307. The molecule has 0 spiro atoms. The lowest BCUT2D eigenvalue weighted by molar-refractivity contribution is 0.307. The van der Waals surface area contributed by atoms with E-state index >= 15 is 0 Å². The van der Waals surface area contributed by atoms with E-state index in [9.17, 15) is 17.2 Å². The molecule has 1 unspecified atom stereocenters. The van der Waals surface area contributed by atoms with Crippen LogP contribution in [0.3, 0.4) is 0 Å². The van der Waals surface area contributed by atoms with Crippen molar-refractivity contribution in [2.75, 3.05) is 32.5 Å². The molecule has 30 heavy (non-hydrogen) atoms. The summed E-state index contributed by atoms with van der Waals surface area (Å²) < 4.78 is 54.6. The van der Waals surface area contributed by atoms with E-state index < -0.39 is 33.5 Å². The zero-order valence-electron chi connectivity index (χ0n) is 17.0. The van der Waals surface area contributed by atoms with Crippen molar-refractivity contribution in [2.45, 2.75) is 37.6 Å². The summed E-state index contributed by atoms with van der Waals surface area (Å²) in [5, 5.41) is 3.12. The van der Waals surface area contributed by atoms with Crippen LogP contribution in [0.25, 0.3) is 0 Å². The van der Waals surface area contributed by atoms with Gasteiger partial charge in [0.25, 0.3) is 0 Å². The summed E-state index contributed by atoms with van der Waals surface area (Å²) in [6.45, 7) is 1.96. The monoisotopic (exact) mass is 437 g/mol. The topological polar surface area (TPSA) is 78.4 Å². The van der Waals surface area contributed by atoms with Crippen molar-refractivity contribution in [3.63, 3.8) is 0 Å². The summed E-state index contributed by atoms with van der Waals surface area (Å²) in [6.07, 6.45) is 2.07. The number of nitrogens with zero attached hydrogens (tertiary/aromatic N) is 4. The number of anilines is 1. The van der Waals surface area contributed by atoms with Crippen molar-refractivity contribution in [1.82, 2.24) is 19.2 Å². The Labute approximate surface area is 175 Å². The molecule has 10 heteroatoms. The lowest BCUT2D eigenvalue weighted by Gasteiger charge is -2.28. The van der Waals surface area contributed by atoms with Gasteiger partial charge in [-0.3, -0.25) is 0 Å². The summed E-state index contributed by atoms with van der Waals surface area (Å²) in [5.41, 5.74) is 2.07. The number of aromatic nitrogens is 2. The predicted molar refractivity (Wildman–Crippen MR) is 109 cm³/mol. The second-order valence-electron chi connectivity index (χ2n) is 7.90. The molecule has 4 rings (SSSR count). The summed E-state index contributed by atoms with van der Waals surface area (Å²) in [6, 6.07) is 2.35. The molecule has 162 valence electrons. The molecule has 7 nitrogen and oxygen atoms in total. The first-order valence-corrected chi connectivity index (χ1v) is 11.6. The molecule has 0 bridgehead atoms. The van der Waals surface area contributed by atoms with Gasteiger partial charge in [0.15, 0.2) is 0 Å². The van der Waals surface area contributed by atoms with Crippen LogP contribution in [-0.4, -0.2) is 54.8 Å². The van der Waals surface area contributed by atoms with Crippen LogP contribution < -0.4 is 5.32 Å². The molecule has 1 atom stereocenters. The molecule has 1 fully saturated rings. The van der Waals surface area contributed by atoms with Gasteiger partial charge in [-0.25, -0.2) is 27.2 Å². The molecule has 0 aliphatic carbocycles. The van der Waals surface area contributed by atoms with E-state index in [0.717, 1.165) is 54.8 Å². The van der Waals surface area contributed by atoms with Crippen LogP contribution in [0.15, 0.2) is 18.2 Å². The van der Waals surface area contributed by atoms with Crippen LogP contribution in [0, 0.1) is 11.6 Å². The van der Waals surface area contributed by atoms with E-state index in [2.05, 4.69) is 15.2 Å². The van der Waals surface area contributed by atoms with Crippen molar-refractivity contribution in [3.05, 3.63) is 52.5 Å². The number of nitrogens with one attached hydrogen (secondary N) is 1. The SMILES string of the molecule is CNc1nc(C2CCCN2S(=O)(=O)Cc2cc(F)cc(F)c2)nc2c1CN(C)CC2. The Hall–Kier alpha value is -2.17. The third kappa shape index (κ3) is 4.17. The van der Waals surface area contributed by atoms with Gasteiger partial charge in [0.05, 0.1) is 17.5 Å². The van der Waals surface area contributed by atoms with Crippen LogP contribution >= 0.6 is 0 Å². The third-order valence-corrected chi connectivity index (χ3v) is 7.49. The quantitative estimate of drug-likeness (QED) is 0.774. The number of benzene rings is 1. The van der Waals surface area contributed by atoms with E-state index in [1.54, 1.807) is 7.05 Å². The van der Waals surface area contributed by atoms with Gasteiger partial charge in [-0.15, -0.1) is 0 Å². The number of hydrogen-bond acceptors (Lipinski definition) is 6. The molecular weight excluding hydrogens is 412 g/mol. The molecule has 0 radical (unpaired) electrons. The number of halogens is 2. The fourth-order valence-electron chi connectivity index (χ4n) is 4.24. The highest BCUT2D eigenvalue weighted by atomic mass is 32.2. The highest BCUT2D eigenvalue weighted by Crippen LogP contribution is 2.35. The normalized spacial score (nSPS) is 20.3. The van der Waals surface area contributed by atoms with Gasteiger partial charge in [-0.1, -0.05) is 0 Å². The van der Waals surface area contributed by atoms with E-state index in [-0.39, 0.29) is 5.56 Å². The number of fused-ring (bicyclic) bond motifs is 1. The van der Waals surface area contributed by atoms with Crippen LogP contribution in [0.4, 0.5) is 14.6 Å². The third-order valence-electron chi connectivity index (χ3n) is 5.64. The largest absolute Gasteiger partial charge is 0.373 e. The van der Waals surface area contributed by atoms with Gasteiger partial charge in [0.2, 0.25) is 10.0 Å². The molecule has 1 aromatic heterocycles. The Morgan fingerprint density at radius 2 is 1.90 bits per heavy atom. The minimum atomic E-state index is -3.80. The maximum absolute atomic E-state index is 13.5. The van der Waals surface area contributed by atoms with Crippen LogP contribution in [0.5, 0.6) is 0 Å². The predicted octanol–water partition coefficient (Wildman–Crippen LogP) is 2.45. The number of rotatable bonds is 5. The molecule has 2 aromatic rings.